The number of anilines is 1. The molecule has 1 aromatic heterocycles. The number of nitrogens with one attached hydrogen (secondary N) is 1. The molecule has 9 heteroatoms. The van der Waals surface area contributed by atoms with Crippen molar-refractivity contribution in [3.8, 4) is 0 Å². The Hall–Kier alpha value is -1.93. The third-order valence-electron chi connectivity index (χ3n) is 3.94. The molecule has 0 atom stereocenters. The minimum Gasteiger partial charge on any atom is -0.266 e. The van der Waals surface area contributed by atoms with Gasteiger partial charge in [0.2, 0.25) is 0 Å². The maximum absolute atomic E-state index is 12.7. The second kappa shape index (κ2) is 7.75. The predicted molar refractivity (Wildman–Crippen MR) is 95.5 cm³/mol. The van der Waals surface area contributed by atoms with Gasteiger partial charge in [0.1, 0.15) is 11.2 Å². The number of aromatic amines is 1. The van der Waals surface area contributed by atoms with Crippen LogP contribution in [-0.4, -0.2) is 30.5 Å². The van der Waals surface area contributed by atoms with Crippen molar-refractivity contribution in [2.75, 3.05) is 29.5 Å². The number of rotatable bonds is 2. The molecule has 0 unspecified atom stereocenters. The number of carbonyl (C=O) groups is 1. The largest absolute Gasteiger partial charge is 0.419 e. The first-order valence-corrected chi connectivity index (χ1v) is 9.76. The first kappa shape index (κ1) is 18.8. The van der Waals surface area contributed by atoms with Crippen LogP contribution in [0, 0.1) is 0 Å². The number of benzene rings is 1. The van der Waals surface area contributed by atoms with Crippen LogP contribution in [0.3, 0.4) is 0 Å². The third-order valence-corrected chi connectivity index (χ3v) is 5.96. The van der Waals surface area contributed by atoms with Crippen LogP contribution < -0.4 is 9.88 Å². The molecule has 138 valence electrons. The maximum atomic E-state index is 12.7. The average molecular weight is 403 g/mol. The Balaban J connectivity index is 1.67. The smallest absolute Gasteiger partial charge is 0.266 e. The molecule has 2 heterocycles. The lowest BCUT2D eigenvalue weighted by atomic mass is 10.2. The molecular weight excluding hydrogens is 387 g/mol. The number of hydrogen-bond acceptors (Lipinski definition) is 2. The Morgan fingerprint density at radius 3 is 2.42 bits per heavy atom. The van der Waals surface area contributed by atoms with Gasteiger partial charge < -0.3 is 0 Å². The molecule has 1 N–H and O–H groups in total. The van der Waals surface area contributed by atoms with Gasteiger partial charge in [0.05, 0.1) is 18.7 Å². The molecular formula is C17H16ClF3N3OS+. The Morgan fingerprint density at radius 1 is 1.19 bits per heavy atom. The number of halogens is 4. The fraction of sp³-hybridized carbons (Fsp3) is 0.294. The zero-order chi connectivity index (χ0) is 18.7. The van der Waals surface area contributed by atoms with Gasteiger partial charge in [0.25, 0.3) is 11.7 Å². The second-order valence-electron chi connectivity index (χ2n) is 5.70. The monoisotopic (exact) mass is 402 g/mol. The number of pyridine rings is 1. The van der Waals surface area contributed by atoms with Crippen molar-refractivity contribution in [1.29, 1.82) is 0 Å². The summed E-state index contributed by atoms with van der Waals surface area (Å²) in [7, 11) is -0.398. The summed E-state index contributed by atoms with van der Waals surface area (Å²) in [5.74, 6) is 1.53. The van der Waals surface area contributed by atoms with E-state index >= 15 is 0 Å². The van der Waals surface area contributed by atoms with Gasteiger partial charge in [-0.1, -0.05) is 40.5 Å². The first-order chi connectivity index (χ1) is 12.3. The van der Waals surface area contributed by atoms with Crippen LogP contribution in [0.1, 0.15) is 15.9 Å². The number of hydrogen-bond donors (Lipinski definition) is 0. The highest BCUT2D eigenvalue weighted by Crippen LogP contribution is 2.32. The van der Waals surface area contributed by atoms with Gasteiger partial charge in [-0.3, -0.25) is 9.69 Å². The summed E-state index contributed by atoms with van der Waals surface area (Å²) in [5, 5.41) is 0.0268. The molecule has 26 heavy (non-hydrogen) atoms. The Morgan fingerprint density at radius 2 is 1.85 bits per heavy atom. The lowest BCUT2D eigenvalue weighted by Gasteiger charge is -2.23. The number of nitrogens with zero attached hydrogens (tertiary/aromatic N) is 2. The van der Waals surface area contributed by atoms with Crippen LogP contribution in [-0.2, 0) is 16.9 Å². The van der Waals surface area contributed by atoms with Crippen LogP contribution >= 0.6 is 11.6 Å². The molecule has 1 amide bonds. The molecule has 1 aromatic carbocycles. The number of H-pyrrole nitrogens is 1. The SMILES string of the molecule is O=C(N=S1CCN(c2[nH+]cc(C(F)(F)F)cc2Cl)CC1)c1ccccc1. The highest BCUT2D eigenvalue weighted by molar-refractivity contribution is 7.87. The molecule has 0 bridgehead atoms. The molecule has 1 saturated heterocycles. The van der Waals surface area contributed by atoms with Crippen LogP contribution in [0.2, 0.25) is 5.02 Å². The molecule has 1 aliphatic rings. The van der Waals surface area contributed by atoms with Crippen molar-refractivity contribution in [2.24, 2.45) is 4.36 Å². The number of amides is 1. The fourth-order valence-corrected chi connectivity index (χ4v) is 4.46. The molecule has 0 aliphatic carbocycles. The molecule has 2 aromatic rings. The van der Waals surface area contributed by atoms with Gasteiger partial charge in [0.15, 0.2) is 0 Å². The summed E-state index contributed by atoms with van der Waals surface area (Å²) < 4.78 is 42.4. The number of carbonyl (C=O) groups excluding carboxylic acids is 1. The minimum atomic E-state index is -4.44. The van der Waals surface area contributed by atoms with Crippen molar-refractivity contribution >= 4 is 34.0 Å². The molecule has 3 rings (SSSR count). The fourth-order valence-electron chi connectivity index (χ4n) is 2.58. The van der Waals surface area contributed by atoms with Crippen LogP contribution in [0.4, 0.5) is 19.0 Å². The third kappa shape index (κ3) is 4.42. The van der Waals surface area contributed by atoms with Gasteiger partial charge in [0, 0.05) is 17.1 Å². The van der Waals surface area contributed by atoms with Crippen molar-refractivity contribution < 1.29 is 22.9 Å². The second-order valence-corrected chi connectivity index (χ2v) is 8.03. The molecule has 1 aliphatic heterocycles. The van der Waals surface area contributed by atoms with Crippen molar-refractivity contribution in [3.63, 3.8) is 0 Å². The van der Waals surface area contributed by atoms with E-state index in [4.69, 9.17) is 11.6 Å². The molecule has 0 spiro atoms. The number of alkyl halides is 3. The molecule has 4 nitrogen and oxygen atoms in total. The first-order valence-electron chi connectivity index (χ1n) is 7.87. The van der Waals surface area contributed by atoms with Crippen molar-refractivity contribution in [2.45, 2.75) is 6.18 Å². The highest BCUT2D eigenvalue weighted by Gasteiger charge is 2.34. The normalized spacial score (nSPS) is 15.8. The zero-order valence-corrected chi connectivity index (χ0v) is 15.2. The molecule has 0 radical (unpaired) electrons. The maximum Gasteiger partial charge on any atom is 0.419 e. The van der Waals surface area contributed by atoms with Gasteiger partial charge in [-0.2, -0.15) is 17.5 Å². The van der Waals surface area contributed by atoms with E-state index in [0.29, 0.717) is 36.0 Å². The van der Waals surface area contributed by atoms with Gasteiger partial charge in [-0.15, -0.1) is 0 Å². The van der Waals surface area contributed by atoms with Crippen LogP contribution in [0.5, 0.6) is 0 Å². The summed E-state index contributed by atoms with van der Waals surface area (Å²) >= 11 is 6.02. The molecule has 0 saturated carbocycles. The lowest BCUT2D eigenvalue weighted by Crippen LogP contribution is -2.41. The van der Waals surface area contributed by atoms with E-state index in [1.54, 1.807) is 24.3 Å². The van der Waals surface area contributed by atoms with E-state index in [0.717, 1.165) is 12.3 Å². The zero-order valence-electron chi connectivity index (χ0n) is 13.6. The van der Waals surface area contributed by atoms with Gasteiger partial charge in [-0.05, 0) is 18.2 Å². The number of aromatic nitrogens is 1. The van der Waals surface area contributed by atoms with E-state index in [1.165, 1.54) is 0 Å². The standard InChI is InChI=1S/C17H15ClF3N3OS/c18-14-10-13(17(19,20)21)11-22-15(14)24-6-8-26(9-7-24)23-16(25)12-4-2-1-3-5-12/h1-5,10-11H,6-9H2/p+1. The Kier molecular flexibility index (Phi) is 5.62. The Labute approximate surface area is 156 Å². The van der Waals surface area contributed by atoms with Gasteiger partial charge in [-0.25, -0.2) is 4.98 Å². The summed E-state index contributed by atoms with van der Waals surface area (Å²) in [4.78, 5) is 16.7. The molecule has 1 fully saturated rings. The lowest BCUT2D eigenvalue weighted by molar-refractivity contribution is -0.367. The average Bonchev–Trinajstić information content (AvgIpc) is 2.62. The summed E-state index contributed by atoms with van der Waals surface area (Å²) in [6, 6.07) is 9.78. The quantitative estimate of drug-likeness (QED) is 0.770. The Bertz CT molecular complexity index is 833. The van der Waals surface area contributed by atoms with E-state index < -0.39 is 22.4 Å². The topological polar surface area (TPSA) is 46.8 Å². The van der Waals surface area contributed by atoms with E-state index in [1.807, 2.05) is 11.0 Å². The van der Waals surface area contributed by atoms with E-state index in [9.17, 15) is 18.0 Å². The summed E-state index contributed by atoms with van der Waals surface area (Å²) in [6.45, 7) is 1.13. The van der Waals surface area contributed by atoms with Crippen LogP contribution in [0.15, 0.2) is 47.0 Å². The van der Waals surface area contributed by atoms with Gasteiger partial charge >= 0.3 is 6.18 Å². The van der Waals surface area contributed by atoms with E-state index in [-0.39, 0.29) is 10.9 Å². The van der Waals surface area contributed by atoms with Crippen LogP contribution in [0.25, 0.3) is 0 Å². The van der Waals surface area contributed by atoms with Crippen molar-refractivity contribution in [1.82, 2.24) is 0 Å². The summed E-state index contributed by atoms with van der Waals surface area (Å²) in [6.07, 6.45) is -3.53. The summed E-state index contributed by atoms with van der Waals surface area (Å²) in [5.41, 5.74) is -0.256. The highest BCUT2D eigenvalue weighted by atomic mass is 35.5. The minimum absolute atomic E-state index is 0.0268. The van der Waals surface area contributed by atoms with E-state index in [2.05, 4.69) is 9.35 Å². The van der Waals surface area contributed by atoms with Crippen molar-refractivity contribution in [3.05, 3.63) is 58.7 Å². The predicted octanol–water partition coefficient (Wildman–Crippen LogP) is 3.64.